The fourth-order valence-corrected chi connectivity index (χ4v) is 2.97. The van der Waals surface area contributed by atoms with Crippen molar-refractivity contribution in [2.24, 2.45) is 5.41 Å². The van der Waals surface area contributed by atoms with E-state index in [2.05, 4.69) is 20.4 Å². The van der Waals surface area contributed by atoms with Crippen LogP contribution in [-0.4, -0.2) is 38.3 Å². The van der Waals surface area contributed by atoms with E-state index in [0.29, 0.717) is 17.8 Å². The van der Waals surface area contributed by atoms with Gasteiger partial charge in [0.15, 0.2) is 5.69 Å². The van der Waals surface area contributed by atoms with Crippen LogP contribution >= 0.6 is 23.2 Å². The Morgan fingerprint density at radius 2 is 2.00 bits per heavy atom. The van der Waals surface area contributed by atoms with Crippen molar-refractivity contribution < 1.29 is 14.3 Å². The predicted octanol–water partition coefficient (Wildman–Crippen LogP) is 2.58. The van der Waals surface area contributed by atoms with E-state index in [-0.39, 0.29) is 11.6 Å². The molecule has 3 rings (SSSR count). The van der Waals surface area contributed by atoms with E-state index in [1.165, 1.54) is 18.0 Å². The molecule has 1 aliphatic rings. The molecule has 126 valence electrons. The number of methoxy groups -OCH3 is 1. The van der Waals surface area contributed by atoms with E-state index in [1.807, 2.05) is 0 Å². The Labute approximate surface area is 147 Å². The number of anilines is 1. The first-order chi connectivity index (χ1) is 11.3. The lowest BCUT2D eigenvalue weighted by Crippen LogP contribution is -2.26. The van der Waals surface area contributed by atoms with Crippen LogP contribution in [0.4, 0.5) is 5.69 Å². The van der Waals surface area contributed by atoms with E-state index < -0.39 is 15.7 Å². The Balaban J connectivity index is 1.88. The van der Waals surface area contributed by atoms with Gasteiger partial charge in [0, 0.05) is 0 Å². The third-order valence-corrected chi connectivity index (χ3v) is 5.15. The van der Waals surface area contributed by atoms with Crippen LogP contribution in [0, 0.1) is 5.41 Å². The summed E-state index contributed by atoms with van der Waals surface area (Å²) in [6.07, 6.45) is 1.80. The first-order valence-corrected chi connectivity index (χ1v) is 7.83. The van der Waals surface area contributed by atoms with Crippen molar-refractivity contribution in [1.29, 1.82) is 0 Å². The van der Waals surface area contributed by atoms with Crippen LogP contribution in [-0.2, 0) is 9.53 Å². The lowest BCUT2D eigenvalue weighted by Gasteiger charge is -2.15. The normalized spacial score (nSPS) is 21.2. The van der Waals surface area contributed by atoms with Crippen molar-refractivity contribution >= 4 is 40.8 Å². The SMILES string of the molecule is COC(=O)c1cn(-c2ccccc2NC(=O)C2(C)CC2(Cl)Cl)nn1. The summed E-state index contributed by atoms with van der Waals surface area (Å²) in [5, 5.41) is 10.5. The Morgan fingerprint density at radius 3 is 2.62 bits per heavy atom. The van der Waals surface area contributed by atoms with Crippen molar-refractivity contribution in [2.75, 3.05) is 12.4 Å². The number of nitrogens with one attached hydrogen (secondary N) is 1. The lowest BCUT2D eigenvalue weighted by molar-refractivity contribution is -0.120. The van der Waals surface area contributed by atoms with Gasteiger partial charge in [0.25, 0.3) is 0 Å². The van der Waals surface area contributed by atoms with Crippen LogP contribution in [0.25, 0.3) is 5.69 Å². The number of benzene rings is 1. The van der Waals surface area contributed by atoms with Gasteiger partial charge in [-0.05, 0) is 25.5 Å². The maximum Gasteiger partial charge on any atom is 0.360 e. The van der Waals surface area contributed by atoms with E-state index in [4.69, 9.17) is 23.2 Å². The van der Waals surface area contributed by atoms with Gasteiger partial charge < -0.3 is 10.1 Å². The first kappa shape index (κ1) is 16.7. The summed E-state index contributed by atoms with van der Waals surface area (Å²) in [6, 6.07) is 6.98. The van der Waals surface area contributed by atoms with Gasteiger partial charge in [0.1, 0.15) is 4.33 Å². The van der Waals surface area contributed by atoms with Crippen LogP contribution in [0.15, 0.2) is 30.5 Å². The Morgan fingerprint density at radius 1 is 1.33 bits per heavy atom. The minimum Gasteiger partial charge on any atom is -0.464 e. The Hall–Kier alpha value is -2.12. The number of halogens is 2. The van der Waals surface area contributed by atoms with Crippen LogP contribution < -0.4 is 5.32 Å². The number of hydrogen-bond donors (Lipinski definition) is 1. The number of para-hydroxylation sites is 2. The van der Waals surface area contributed by atoms with Gasteiger partial charge in [-0.2, -0.15) is 0 Å². The highest BCUT2D eigenvalue weighted by Gasteiger charge is 2.67. The lowest BCUT2D eigenvalue weighted by atomic mass is 10.1. The number of rotatable bonds is 4. The second kappa shape index (κ2) is 5.75. The van der Waals surface area contributed by atoms with E-state index >= 15 is 0 Å². The number of amides is 1. The molecule has 1 atom stereocenters. The zero-order chi connectivity index (χ0) is 17.5. The van der Waals surface area contributed by atoms with Gasteiger partial charge >= 0.3 is 5.97 Å². The predicted molar refractivity (Wildman–Crippen MR) is 88.5 cm³/mol. The maximum atomic E-state index is 12.5. The average Bonchev–Trinajstić information content (AvgIpc) is 2.92. The molecule has 0 spiro atoms. The summed E-state index contributed by atoms with van der Waals surface area (Å²) >= 11 is 12.1. The molecule has 1 aliphatic carbocycles. The van der Waals surface area contributed by atoms with E-state index in [1.54, 1.807) is 31.2 Å². The molecule has 1 aromatic heterocycles. The second-order valence-corrected chi connectivity index (χ2v) is 7.21. The van der Waals surface area contributed by atoms with Crippen molar-refractivity contribution in [3.05, 3.63) is 36.2 Å². The van der Waals surface area contributed by atoms with E-state index in [0.717, 1.165) is 0 Å². The molecule has 0 saturated heterocycles. The summed E-state index contributed by atoms with van der Waals surface area (Å²) in [6.45, 7) is 1.70. The molecule has 24 heavy (non-hydrogen) atoms. The van der Waals surface area contributed by atoms with Crippen molar-refractivity contribution in [3.8, 4) is 5.69 Å². The van der Waals surface area contributed by atoms with Gasteiger partial charge in [-0.15, -0.1) is 28.3 Å². The van der Waals surface area contributed by atoms with Gasteiger partial charge in [-0.3, -0.25) is 4.79 Å². The van der Waals surface area contributed by atoms with Crippen LogP contribution in [0.1, 0.15) is 23.8 Å². The summed E-state index contributed by atoms with van der Waals surface area (Å²) in [7, 11) is 1.26. The summed E-state index contributed by atoms with van der Waals surface area (Å²) in [4.78, 5) is 24.0. The molecule has 1 unspecified atom stereocenters. The van der Waals surface area contributed by atoms with Crippen molar-refractivity contribution in [2.45, 2.75) is 17.7 Å². The molecular formula is C15H14Cl2N4O3. The molecule has 1 amide bonds. The van der Waals surface area contributed by atoms with Gasteiger partial charge in [0.2, 0.25) is 5.91 Å². The quantitative estimate of drug-likeness (QED) is 0.661. The third-order valence-electron chi connectivity index (χ3n) is 4.05. The number of carbonyl (C=O) groups excluding carboxylic acids is 2. The molecule has 1 fully saturated rings. The highest BCUT2D eigenvalue weighted by molar-refractivity contribution is 6.53. The molecule has 7 nitrogen and oxygen atoms in total. The second-order valence-electron chi connectivity index (χ2n) is 5.72. The number of alkyl halides is 2. The van der Waals surface area contributed by atoms with Crippen LogP contribution in [0.5, 0.6) is 0 Å². The van der Waals surface area contributed by atoms with Gasteiger partial charge in [-0.1, -0.05) is 17.3 Å². The molecule has 1 aromatic carbocycles. The molecule has 0 radical (unpaired) electrons. The molecule has 2 aromatic rings. The average molecular weight is 369 g/mol. The number of carbonyl (C=O) groups is 2. The monoisotopic (exact) mass is 368 g/mol. The number of hydrogen-bond acceptors (Lipinski definition) is 5. The molecule has 1 heterocycles. The molecule has 9 heteroatoms. The van der Waals surface area contributed by atoms with Crippen molar-refractivity contribution in [3.63, 3.8) is 0 Å². The molecule has 1 N–H and O–H groups in total. The topological polar surface area (TPSA) is 86.1 Å². The first-order valence-electron chi connectivity index (χ1n) is 7.08. The molecule has 0 bridgehead atoms. The standard InChI is InChI=1S/C15H14Cl2N4O3/c1-14(8-15(14,16)17)13(23)18-9-5-3-4-6-11(9)21-7-10(19-20-21)12(22)24-2/h3-7H,8H2,1-2H3,(H,18,23). The molecule has 1 saturated carbocycles. The molecule has 0 aliphatic heterocycles. The number of esters is 1. The zero-order valence-electron chi connectivity index (χ0n) is 12.9. The van der Waals surface area contributed by atoms with Gasteiger partial charge in [0.05, 0.1) is 30.1 Å². The van der Waals surface area contributed by atoms with Crippen LogP contribution in [0.2, 0.25) is 0 Å². The Bertz CT molecular complexity index is 821. The Kier molecular flexibility index (Phi) is 4.01. The minimum atomic E-state index is -1.06. The largest absolute Gasteiger partial charge is 0.464 e. The fourth-order valence-electron chi connectivity index (χ4n) is 2.27. The van der Waals surface area contributed by atoms with Crippen molar-refractivity contribution in [1.82, 2.24) is 15.0 Å². The fraction of sp³-hybridized carbons (Fsp3) is 0.333. The number of nitrogens with zero attached hydrogens (tertiary/aromatic N) is 3. The summed E-state index contributed by atoms with van der Waals surface area (Å²) < 4.78 is 4.92. The molecular weight excluding hydrogens is 355 g/mol. The maximum absolute atomic E-state index is 12.5. The summed E-state index contributed by atoms with van der Waals surface area (Å²) in [5.41, 5.74) is 0.268. The minimum absolute atomic E-state index is 0.0633. The smallest absolute Gasteiger partial charge is 0.360 e. The summed E-state index contributed by atoms with van der Waals surface area (Å²) in [5.74, 6) is -0.879. The third kappa shape index (κ3) is 2.74. The number of ether oxygens (including phenoxy) is 1. The highest BCUT2D eigenvalue weighted by Crippen LogP contribution is 2.64. The van der Waals surface area contributed by atoms with E-state index in [9.17, 15) is 9.59 Å². The zero-order valence-corrected chi connectivity index (χ0v) is 14.4. The van der Waals surface area contributed by atoms with Gasteiger partial charge in [-0.25, -0.2) is 9.48 Å². The number of aromatic nitrogens is 3. The van der Waals surface area contributed by atoms with Crippen LogP contribution in [0.3, 0.4) is 0 Å². The highest BCUT2D eigenvalue weighted by atomic mass is 35.5.